The van der Waals surface area contributed by atoms with Crippen molar-refractivity contribution in [3.63, 3.8) is 0 Å². The van der Waals surface area contributed by atoms with Crippen LogP contribution in [0.25, 0.3) is 0 Å². The molecule has 6 heteroatoms. The molecule has 0 aliphatic rings. The van der Waals surface area contributed by atoms with Crippen molar-refractivity contribution in [2.24, 2.45) is 0 Å². The molecule has 0 rings (SSSR count). The standard InChI is InChI=1S/C5H10N2O3S/c1-2-11(9,10)7-4-3-6-5-8/h2,5,7H,1,3-4H2,(H,6,8). The Labute approximate surface area is 65.5 Å². The maximum atomic E-state index is 10.6. The van der Waals surface area contributed by atoms with Gasteiger partial charge >= 0.3 is 0 Å². The maximum Gasteiger partial charge on any atom is 0.233 e. The van der Waals surface area contributed by atoms with Crippen LogP contribution in [0, 0.1) is 0 Å². The van der Waals surface area contributed by atoms with E-state index in [4.69, 9.17) is 0 Å². The monoisotopic (exact) mass is 178 g/mol. The van der Waals surface area contributed by atoms with E-state index < -0.39 is 10.0 Å². The Bertz CT molecular complexity index is 222. The van der Waals surface area contributed by atoms with Gasteiger partial charge < -0.3 is 5.32 Å². The summed E-state index contributed by atoms with van der Waals surface area (Å²) >= 11 is 0. The maximum absolute atomic E-state index is 10.6. The molecule has 0 aliphatic heterocycles. The zero-order chi connectivity index (χ0) is 8.74. The van der Waals surface area contributed by atoms with Crippen molar-refractivity contribution in [3.05, 3.63) is 12.0 Å². The molecule has 0 radical (unpaired) electrons. The van der Waals surface area contributed by atoms with Crippen LogP contribution in [-0.2, 0) is 14.8 Å². The van der Waals surface area contributed by atoms with Crippen molar-refractivity contribution < 1.29 is 13.2 Å². The number of carbonyl (C=O) groups is 1. The van der Waals surface area contributed by atoms with Crippen molar-refractivity contribution >= 4 is 16.4 Å². The first-order valence-corrected chi connectivity index (χ1v) is 4.46. The summed E-state index contributed by atoms with van der Waals surface area (Å²) in [5, 5.41) is 3.12. The van der Waals surface area contributed by atoms with E-state index in [1.54, 1.807) is 0 Å². The Kier molecular flexibility index (Phi) is 4.47. The molecule has 0 atom stereocenters. The first kappa shape index (κ1) is 10.1. The second kappa shape index (κ2) is 4.86. The molecule has 0 fully saturated rings. The fraction of sp³-hybridized carbons (Fsp3) is 0.400. The van der Waals surface area contributed by atoms with Gasteiger partial charge in [0.25, 0.3) is 0 Å². The minimum absolute atomic E-state index is 0.174. The van der Waals surface area contributed by atoms with Gasteiger partial charge in [0.05, 0.1) is 0 Å². The zero-order valence-corrected chi connectivity index (χ0v) is 6.73. The lowest BCUT2D eigenvalue weighted by molar-refractivity contribution is -0.109. The van der Waals surface area contributed by atoms with Crippen LogP contribution in [0.2, 0.25) is 0 Å². The second-order valence-corrected chi connectivity index (χ2v) is 3.39. The summed E-state index contributed by atoms with van der Waals surface area (Å²) in [5.74, 6) is 0. The molecule has 0 unspecified atom stereocenters. The average molecular weight is 178 g/mol. The predicted molar refractivity (Wildman–Crippen MR) is 41.2 cm³/mol. The van der Waals surface area contributed by atoms with E-state index in [1.165, 1.54) is 0 Å². The van der Waals surface area contributed by atoms with Gasteiger partial charge in [-0.15, -0.1) is 0 Å². The van der Waals surface area contributed by atoms with Gasteiger partial charge in [-0.2, -0.15) is 0 Å². The van der Waals surface area contributed by atoms with Gasteiger partial charge in [-0.1, -0.05) is 6.58 Å². The zero-order valence-electron chi connectivity index (χ0n) is 5.91. The van der Waals surface area contributed by atoms with Crippen LogP contribution < -0.4 is 10.0 Å². The van der Waals surface area contributed by atoms with Crippen LogP contribution in [0.1, 0.15) is 0 Å². The second-order valence-electron chi connectivity index (χ2n) is 1.68. The number of nitrogens with one attached hydrogen (secondary N) is 2. The number of amides is 1. The van der Waals surface area contributed by atoms with Gasteiger partial charge in [-0.05, 0) is 0 Å². The molecule has 0 aliphatic carbocycles. The first-order valence-electron chi connectivity index (χ1n) is 2.91. The Hall–Kier alpha value is -0.880. The summed E-state index contributed by atoms with van der Waals surface area (Å²) in [6, 6.07) is 0. The lowest BCUT2D eigenvalue weighted by Crippen LogP contribution is -2.29. The molecule has 5 nitrogen and oxygen atoms in total. The molecular weight excluding hydrogens is 168 g/mol. The van der Waals surface area contributed by atoms with Gasteiger partial charge in [0.2, 0.25) is 16.4 Å². The third-order valence-electron chi connectivity index (χ3n) is 0.875. The average Bonchev–Trinajstić information content (AvgIpc) is 1.99. The summed E-state index contributed by atoms with van der Waals surface area (Å²) in [5.41, 5.74) is 0. The Morgan fingerprint density at radius 3 is 2.45 bits per heavy atom. The predicted octanol–water partition coefficient (Wildman–Crippen LogP) is -1.20. The molecule has 0 bridgehead atoms. The molecular formula is C5H10N2O3S. The SMILES string of the molecule is C=CS(=O)(=O)NCCNC=O. The highest BCUT2D eigenvalue weighted by Crippen LogP contribution is 1.80. The molecule has 0 heterocycles. The van der Waals surface area contributed by atoms with Gasteiger partial charge in [-0.25, -0.2) is 13.1 Å². The van der Waals surface area contributed by atoms with E-state index in [-0.39, 0.29) is 13.1 Å². The van der Waals surface area contributed by atoms with E-state index in [1.807, 2.05) is 0 Å². The van der Waals surface area contributed by atoms with Crippen molar-refractivity contribution in [1.82, 2.24) is 10.0 Å². The molecule has 1 amide bonds. The number of hydrogen-bond acceptors (Lipinski definition) is 3. The Morgan fingerprint density at radius 1 is 1.36 bits per heavy atom. The van der Waals surface area contributed by atoms with Crippen LogP contribution in [0.15, 0.2) is 12.0 Å². The normalized spacial score (nSPS) is 10.5. The summed E-state index contributed by atoms with van der Waals surface area (Å²) in [7, 11) is -3.34. The summed E-state index contributed by atoms with van der Waals surface area (Å²) < 4.78 is 23.4. The van der Waals surface area contributed by atoms with E-state index in [9.17, 15) is 13.2 Å². The number of rotatable bonds is 6. The summed E-state index contributed by atoms with van der Waals surface area (Å²) in [6.45, 7) is 3.54. The topological polar surface area (TPSA) is 75.3 Å². The lowest BCUT2D eigenvalue weighted by atomic mass is 10.7. The third kappa shape index (κ3) is 5.56. The largest absolute Gasteiger partial charge is 0.357 e. The van der Waals surface area contributed by atoms with E-state index in [2.05, 4.69) is 16.6 Å². The van der Waals surface area contributed by atoms with E-state index in [0.29, 0.717) is 6.41 Å². The molecule has 11 heavy (non-hydrogen) atoms. The van der Waals surface area contributed by atoms with Crippen molar-refractivity contribution in [2.75, 3.05) is 13.1 Å². The molecule has 0 spiro atoms. The van der Waals surface area contributed by atoms with Gasteiger partial charge in [0, 0.05) is 18.5 Å². The highest BCUT2D eigenvalue weighted by Gasteiger charge is 2.00. The fourth-order valence-electron chi connectivity index (χ4n) is 0.383. The minimum atomic E-state index is -3.34. The Morgan fingerprint density at radius 2 is 2.00 bits per heavy atom. The third-order valence-corrected chi connectivity index (χ3v) is 1.92. The van der Waals surface area contributed by atoms with Gasteiger partial charge in [0.15, 0.2) is 0 Å². The smallest absolute Gasteiger partial charge is 0.233 e. The molecule has 0 aromatic carbocycles. The first-order chi connectivity index (χ1) is 5.12. The highest BCUT2D eigenvalue weighted by atomic mass is 32.2. The molecule has 0 saturated heterocycles. The number of hydrogen-bond donors (Lipinski definition) is 2. The van der Waals surface area contributed by atoms with E-state index in [0.717, 1.165) is 5.41 Å². The van der Waals surface area contributed by atoms with Crippen LogP contribution in [0.3, 0.4) is 0 Å². The van der Waals surface area contributed by atoms with Gasteiger partial charge in [0.1, 0.15) is 0 Å². The number of carbonyl (C=O) groups excluding carboxylic acids is 1. The fourth-order valence-corrected chi connectivity index (χ4v) is 0.888. The van der Waals surface area contributed by atoms with Crippen LogP contribution in [0.4, 0.5) is 0 Å². The molecule has 0 saturated carbocycles. The highest BCUT2D eigenvalue weighted by molar-refractivity contribution is 7.92. The van der Waals surface area contributed by atoms with Crippen molar-refractivity contribution in [1.29, 1.82) is 0 Å². The Balaban J connectivity index is 3.54. The summed E-state index contributed by atoms with van der Waals surface area (Å²) in [6.07, 6.45) is 0.502. The van der Waals surface area contributed by atoms with Crippen LogP contribution >= 0.6 is 0 Å². The van der Waals surface area contributed by atoms with Crippen LogP contribution in [-0.4, -0.2) is 27.9 Å². The molecule has 0 aromatic heterocycles. The number of sulfonamides is 1. The van der Waals surface area contributed by atoms with E-state index >= 15 is 0 Å². The molecule has 2 N–H and O–H groups in total. The van der Waals surface area contributed by atoms with Crippen LogP contribution in [0.5, 0.6) is 0 Å². The molecule has 64 valence electrons. The van der Waals surface area contributed by atoms with Crippen molar-refractivity contribution in [3.8, 4) is 0 Å². The quantitative estimate of drug-likeness (QED) is 0.396. The van der Waals surface area contributed by atoms with Gasteiger partial charge in [-0.3, -0.25) is 4.79 Å². The van der Waals surface area contributed by atoms with Crippen molar-refractivity contribution in [2.45, 2.75) is 0 Å². The molecule has 0 aromatic rings. The lowest BCUT2D eigenvalue weighted by Gasteiger charge is -1.99. The minimum Gasteiger partial charge on any atom is -0.357 e. The summed E-state index contributed by atoms with van der Waals surface area (Å²) in [4.78, 5) is 9.69.